The van der Waals surface area contributed by atoms with Crippen molar-refractivity contribution >= 4 is 28.0 Å². The molecule has 0 N–H and O–H groups in total. The Bertz CT molecular complexity index is 918. The van der Waals surface area contributed by atoms with Crippen LogP contribution in [0.2, 0.25) is 0 Å². The second-order valence-electron chi connectivity index (χ2n) is 5.33. The van der Waals surface area contributed by atoms with Gasteiger partial charge in [-0.15, -0.1) is 10.2 Å². The number of ether oxygens (including phenoxy) is 1. The smallest absolute Gasteiger partial charge is 0.331 e. The molecule has 0 aliphatic carbocycles. The summed E-state index contributed by atoms with van der Waals surface area (Å²) >= 11 is 3.42. The van der Waals surface area contributed by atoms with E-state index in [-0.39, 0.29) is 12.5 Å². The van der Waals surface area contributed by atoms with Crippen LogP contribution in [-0.4, -0.2) is 16.2 Å². The molecule has 0 bridgehead atoms. The van der Waals surface area contributed by atoms with Gasteiger partial charge in [0.25, 0.3) is 5.89 Å². The van der Waals surface area contributed by atoms with Gasteiger partial charge < -0.3 is 9.15 Å². The largest absolute Gasteiger partial charge is 0.452 e. The number of carbonyl (C=O) groups is 1. The van der Waals surface area contributed by atoms with Gasteiger partial charge in [-0.2, -0.15) is 0 Å². The minimum absolute atomic E-state index is 0.0715. The lowest BCUT2D eigenvalue weighted by Crippen LogP contribution is -2.00. The fourth-order valence-corrected chi connectivity index (χ4v) is 2.57. The fraction of sp³-hybridized carbons (Fsp3) is 0.105. The van der Waals surface area contributed by atoms with Crippen molar-refractivity contribution in [2.24, 2.45) is 0 Å². The summed E-state index contributed by atoms with van der Waals surface area (Å²) in [5.41, 5.74) is 2.82. The summed E-state index contributed by atoms with van der Waals surface area (Å²) in [5, 5.41) is 7.88. The van der Waals surface area contributed by atoms with Crippen molar-refractivity contribution in [3.8, 4) is 11.5 Å². The third-order valence-corrected chi connectivity index (χ3v) is 4.10. The van der Waals surface area contributed by atoms with E-state index in [4.69, 9.17) is 9.15 Å². The maximum Gasteiger partial charge on any atom is 0.331 e. The average molecular weight is 399 g/mol. The van der Waals surface area contributed by atoms with Gasteiger partial charge in [0.1, 0.15) is 0 Å². The van der Waals surface area contributed by atoms with Crippen LogP contribution in [-0.2, 0) is 16.1 Å². The highest BCUT2D eigenvalue weighted by Gasteiger charge is 2.10. The number of benzene rings is 2. The number of aryl methyl sites for hydroxylation is 1. The molecule has 2 aromatic carbocycles. The van der Waals surface area contributed by atoms with Crippen molar-refractivity contribution in [1.29, 1.82) is 0 Å². The van der Waals surface area contributed by atoms with Crippen LogP contribution in [0.5, 0.6) is 0 Å². The first kappa shape index (κ1) is 17.1. The number of esters is 1. The van der Waals surface area contributed by atoms with Crippen LogP contribution in [0.25, 0.3) is 17.5 Å². The SMILES string of the molecule is Cc1cccc(-c2nnc(COC(=O)/C=C/c3ccccc3Br)o2)c1. The second-order valence-corrected chi connectivity index (χ2v) is 6.19. The fourth-order valence-electron chi connectivity index (χ4n) is 2.16. The molecule has 0 amide bonds. The molecule has 0 aliphatic heterocycles. The predicted molar refractivity (Wildman–Crippen MR) is 97.4 cm³/mol. The number of nitrogens with zero attached hydrogens (tertiary/aromatic N) is 2. The molecule has 6 heteroatoms. The molecule has 5 nitrogen and oxygen atoms in total. The molecule has 3 aromatic rings. The van der Waals surface area contributed by atoms with Crippen LogP contribution in [0.4, 0.5) is 0 Å². The zero-order valence-corrected chi connectivity index (χ0v) is 15.1. The Labute approximate surface area is 153 Å². The minimum Gasteiger partial charge on any atom is -0.452 e. The highest BCUT2D eigenvalue weighted by molar-refractivity contribution is 9.10. The standard InChI is InChI=1S/C19H15BrN2O3/c1-13-5-4-7-15(11-13)19-22-21-17(25-19)12-24-18(23)10-9-14-6-2-3-8-16(14)20/h2-11H,12H2,1H3/b10-9+. The van der Waals surface area contributed by atoms with Crippen molar-refractivity contribution in [3.05, 3.63) is 76.1 Å². The minimum atomic E-state index is -0.481. The number of carbonyl (C=O) groups excluding carboxylic acids is 1. The van der Waals surface area contributed by atoms with E-state index in [1.165, 1.54) is 6.08 Å². The van der Waals surface area contributed by atoms with Crippen LogP contribution >= 0.6 is 15.9 Å². The molecule has 0 radical (unpaired) electrons. The quantitative estimate of drug-likeness (QED) is 0.465. The van der Waals surface area contributed by atoms with Gasteiger partial charge in [-0.25, -0.2) is 4.79 Å². The van der Waals surface area contributed by atoms with Crippen LogP contribution in [0.3, 0.4) is 0 Å². The Morgan fingerprint density at radius 3 is 2.84 bits per heavy atom. The number of aromatic nitrogens is 2. The van der Waals surface area contributed by atoms with Gasteiger partial charge in [-0.05, 0) is 36.8 Å². The molecule has 0 fully saturated rings. The molecule has 0 saturated heterocycles. The van der Waals surface area contributed by atoms with Crippen LogP contribution in [0, 0.1) is 6.92 Å². The summed E-state index contributed by atoms with van der Waals surface area (Å²) in [6.07, 6.45) is 3.04. The summed E-state index contributed by atoms with van der Waals surface area (Å²) in [4.78, 5) is 11.8. The van der Waals surface area contributed by atoms with E-state index in [0.717, 1.165) is 21.2 Å². The Kier molecular flexibility index (Phi) is 5.40. The summed E-state index contributed by atoms with van der Waals surface area (Å²) in [6, 6.07) is 15.3. The first-order valence-corrected chi connectivity index (χ1v) is 8.40. The van der Waals surface area contributed by atoms with Gasteiger partial charge in [0, 0.05) is 16.1 Å². The van der Waals surface area contributed by atoms with E-state index in [1.54, 1.807) is 6.08 Å². The zero-order valence-electron chi connectivity index (χ0n) is 13.5. The maximum absolute atomic E-state index is 11.8. The van der Waals surface area contributed by atoms with Crippen molar-refractivity contribution in [1.82, 2.24) is 10.2 Å². The van der Waals surface area contributed by atoms with Gasteiger partial charge in [0.05, 0.1) is 0 Å². The first-order chi connectivity index (χ1) is 12.1. The molecule has 0 atom stereocenters. The number of rotatable bonds is 5. The van der Waals surface area contributed by atoms with E-state index >= 15 is 0 Å². The molecule has 0 saturated carbocycles. The van der Waals surface area contributed by atoms with Crippen molar-refractivity contribution < 1.29 is 13.9 Å². The third-order valence-electron chi connectivity index (χ3n) is 3.37. The molecular weight excluding hydrogens is 384 g/mol. The summed E-state index contributed by atoms with van der Waals surface area (Å²) in [5.74, 6) is 0.170. The van der Waals surface area contributed by atoms with E-state index in [9.17, 15) is 4.79 Å². The molecule has 0 aliphatic rings. The van der Waals surface area contributed by atoms with E-state index in [2.05, 4.69) is 26.1 Å². The van der Waals surface area contributed by atoms with Crippen molar-refractivity contribution in [2.45, 2.75) is 13.5 Å². The van der Waals surface area contributed by atoms with Crippen LogP contribution < -0.4 is 0 Å². The summed E-state index contributed by atoms with van der Waals surface area (Å²) < 4.78 is 11.6. The van der Waals surface area contributed by atoms with Gasteiger partial charge >= 0.3 is 5.97 Å². The highest BCUT2D eigenvalue weighted by Crippen LogP contribution is 2.19. The van der Waals surface area contributed by atoms with E-state index in [1.807, 2.05) is 55.5 Å². The Morgan fingerprint density at radius 2 is 2.04 bits per heavy atom. The van der Waals surface area contributed by atoms with Gasteiger partial charge in [-0.3, -0.25) is 0 Å². The molecule has 25 heavy (non-hydrogen) atoms. The van der Waals surface area contributed by atoms with Gasteiger partial charge in [0.15, 0.2) is 6.61 Å². The lowest BCUT2D eigenvalue weighted by Gasteiger charge is -1.99. The lowest BCUT2D eigenvalue weighted by molar-refractivity contribution is -0.139. The molecule has 1 aromatic heterocycles. The number of halogens is 1. The summed E-state index contributed by atoms with van der Waals surface area (Å²) in [6.45, 7) is 1.91. The van der Waals surface area contributed by atoms with E-state index < -0.39 is 5.97 Å². The van der Waals surface area contributed by atoms with Crippen molar-refractivity contribution in [3.63, 3.8) is 0 Å². The molecule has 3 rings (SSSR count). The Morgan fingerprint density at radius 1 is 1.20 bits per heavy atom. The molecule has 0 spiro atoms. The second kappa shape index (κ2) is 7.90. The first-order valence-electron chi connectivity index (χ1n) is 7.60. The average Bonchev–Trinajstić information content (AvgIpc) is 3.08. The predicted octanol–water partition coefficient (Wildman–Crippen LogP) is 4.56. The zero-order chi connectivity index (χ0) is 17.6. The monoisotopic (exact) mass is 398 g/mol. The number of hydrogen-bond acceptors (Lipinski definition) is 5. The highest BCUT2D eigenvalue weighted by atomic mass is 79.9. The van der Waals surface area contributed by atoms with Gasteiger partial charge in [0.2, 0.25) is 5.89 Å². The Hall–Kier alpha value is -2.73. The molecule has 126 valence electrons. The lowest BCUT2D eigenvalue weighted by atomic mass is 10.1. The Balaban J connectivity index is 1.59. The number of hydrogen-bond donors (Lipinski definition) is 0. The maximum atomic E-state index is 11.8. The summed E-state index contributed by atoms with van der Waals surface area (Å²) in [7, 11) is 0. The van der Waals surface area contributed by atoms with E-state index in [0.29, 0.717) is 5.89 Å². The third kappa shape index (κ3) is 4.64. The topological polar surface area (TPSA) is 65.2 Å². The molecule has 1 heterocycles. The molecular formula is C19H15BrN2O3. The normalized spacial score (nSPS) is 11.0. The van der Waals surface area contributed by atoms with Gasteiger partial charge in [-0.1, -0.05) is 51.8 Å². The molecule has 0 unspecified atom stereocenters. The van der Waals surface area contributed by atoms with Crippen LogP contribution in [0.15, 0.2) is 63.5 Å². The van der Waals surface area contributed by atoms with Crippen LogP contribution in [0.1, 0.15) is 17.0 Å². The van der Waals surface area contributed by atoms with Crippen molar-refractivity contribution in [2.75, 3.05) is 0 Å².